The molecule has 2 rings (SSSR count). The van der Waals surface area contributed by atoms with Crippen molar-refractivity contribution in [2.24, 2.45) is 5.73 Å². The third-order valence-corrected chi connectivity index (χ3v) is 4.12. The standard InChI is InChI=1S/C12H20F3N3O/c1-7(11(19)17-6-12(13,14)15)18-9-2-3-10(18)5-8(16)4-9/h7-10H,2-6,16H2,1H3,(H,17,19). The number of nitrogens with zero attached hydrogens (tertiary/aromatic N) is 1. The first kappa shape index (κ1) is 14.6. The van der Waals surface area contributed by atoms with Gasteiger partial charge in [0, 0.05) is 18.1 Å². The topological polar surface area (TPSA) is 58.4 Å². The quantitative estimate of drug-likeness (QED) is 0.810. The molecule has 0 aromatic heterocycles. The van der Waals surface area contributed by atoms with Crippen molar-refractivity contribution in [3.8, 4) is 0 Å². The summed E-state index contributed by atoms with van der Waals surface area (Å²) in [6.07, 6.45) is -0.746. The maximum absolute atomic E-state index is 12.1. The minimum atomic E-state index is -4.36. The first-order chi connectivity index (χ1) is 8.78. The Bertz CT molecular complexity index is 334. The Morgan fingerprint density at radius 3 is 2.37 bits per heavy atom. The average Bonchev–Trinajstić information content (AvgIpc) is 2.56. The Morgan fingerprint density at radius 2 is 1.89 bits per heavy atom. The Balaban J connectivity index is 1.93. The highest BCUT2D eigenvalue weighted by Crippen LogP contribution is 2.36. The van der Waals surface area contributed by atoms with Gasteiger partial charge in [0.25, 0.3) is 0 Å². The zero-order chi connectivity index (χ0) is 14.2. The van der Waals surface area contributed by atoms with Crippen LogP contribution in [0.4, 0.5) is 13.2 Å². The highest BCUT2D eigenvalue weighted by molar-refractivity contribution is 5.81. The summed E-state index contributed by atoms with van der Waals surface area (Å²) in [5.74, 6) is -0.551. The second kappa shape index (κ2) is 5.28. The van der Waals surface area contributed by atoms with Gasteiger partial charge in [-0.1, -0.05) is 0 Å². The zero-order valence-electron chi connectivity index (χ0n) is 10.9. The van der Waals surface area contributed by atoms with Crippen LogP contribution in [-0.4, -0.2) is 47.7 Å². The number of hydrogen-bond donors (Lipinski definition) is 2. The summed E-state index contributed by atoms with van der Waals surface area (Å²) in [5, 5.41) is 1.96. The third-order valence-electron chi connectivity index (χ3n) is 4.12. The number of amides is 1. The van der Waals surface area contributed by atoms with Crippen molar-refractivity contribution < 1.29 is 18.0 Å². The fraction of sp³-hybridized carbons (Fsp3) is 0.917. The molecule has 2 heterocycles. The van der Waals surface area contributed by atoms with Crippen LogP contribution in [0, 0.1) is 0 Å². The monoisotopic (exact) mass is 279 g/mol. The Kier molecular flexibility index (Phi) is 4.06. The molecule has 4 nitrogen and oxygen atoms in total. The summed E-state index contributed by atoms with van der Waals surface area (Å²) < 4.78 is 36.3. The molecule has 2 bridgehead atoms. The van der Waals surface area contributed by atoms with Crippen LogP contribution in [0.1, 0.15) is 32.6 Å². The van der Waals surface area contributed by atoms with Crippen molar-refractivity contribution in [3.63, 3.8) is 0 Å². The molecule has 0 radical (unpaired) electrons. The Labute approximate surface area is 110 Å². The third kappa shape index (κ3) is 3.39. The van der Waals surface area contributed by atoms with Crippen LogP contribution < -0.4 is 11.1 Å². The zero-order valence-corrected chi connectivity index (χ0v) is 10.9. The molecule has 2 fully saturated rings. The number of nitrogens with one attached hydrogen (secondary N) is 1. The number of fused-ring (bicyclic) bond motifs is 2. The van der Waals surface area contributed by atoms with Gasteiger partial charge in [0.15, 0.2) is 0 Å². The highest BCUT2D eigenvalue weighted by Gasteiger charge is 2.43. The maximum Gasteiger partial charge on any atom is 0.405 e. The van der Waals surface area contributed by atoms with Crippen LogP contribution >= 0.6 is 0 Å². The van der Waals surface area contributed by atoms with Crippen LogP contribution in [0.25, 0.3) is 0 Å². The molecule has 0 aromatic rings. The lowest BCUT2D eigenvalue weighted by Gasteiger charge is -2.40. The largest absolute Gasteiger partial charge is 0.405 e. The number of hydrogen-bond acceptors (Lipinski definition) is 3. The van der Waals surface area contributed by atoms with E-state index in [1.807, 2.05) is 5.32 Å². The van der Waals surface area contributed by atoms with Crippen molar-refractivity contribution in [1.82, 2.24) is 10.2 Å². The smallest absolute Gasteiger partial charge is 0.346 e. The van der Waals surface area contributed by atoms with E-state index in [0.717, 1.165) is 25.7 Å². The SMILES string of the molecule is CC(C(=O)NCC(F)(F)F)N1C2CCC1CC(N)C2. The van der Waals surface area contributed by atoms with E-state index < -0.39 is 24.7 Å². The number of rotatable bonds is 3. The summed E-state index contributed by atoms with van der Waals surface area (Å²) in [4.78, 5) is 13.9. The molecule has 3 N–H and O–H groups in total. The normalized spacial score (nSPS) is 33.2. The summed E-state index contributed by atoms with van der Waals surface area (Å²) in [5.41, 5.74) is 5.93. The number of piperidine rings is 1. The molecule has 19 heavy (non-hydrogen) atoms. The van der Waals surface area contributed by atoms with Gasteiger partial charge in [0.05, 0.1) is 6.04 Å². The van der Waals surface area contributed by atoms with Gasteiger partial charge >= 0.3 is 6.18 Å². The molecule has 1 amide bonds. The summed E-state index contributed by atoms with van der Waals surface area (Å²) in [7, 11) is 0. The van der Waals surface area contributed by atoms with Gasteiger partial charge in [0.2, 0.25) is 5.91 Å². The van der Waals surface area contributed by atoms with Gasteiger partial charge in [-0.15, -0.1) is 0 Å². The lowest BCUT2D eigenvalue weighted by Crippen LogP contribution is -2.56. The van der Waals surface area contributed by atoms with Crippen molar-refractivity contribution >= 4 is 5.91 Å². The summed E-state index contributed by atoms with van der Waals surface area (Å²) in [6, 6.07) is 0.104. The Hall–Kier alpha value is -0.820. The second-order valence-electron chi connectivity index (χ2n) is 5.57. The number of carbonyl (C=O) groups is 1. The molecule has 3 atom stereocenters. The number of nitrogens with two attached hydrogens (primary N) is 1. The van der Waals surface area contributed by atoms with Gasteiger partial charge in [0.1, 0.15) is 6.54 Å². The molecule has 0 spiro atoms. The minimum Gasteiger partial charge on any atom is -0.346 e. The number of alkyl halides is 3. The van der Waals surface area contributed by atoms with Crippen LogP contribution in [0.2, 0.25) is 0 Å². The van der Waals surface area contributed by atoms with Crippen molar-refractivity contribution in [1.29, 1.82) is 0 Å². The molecule has 7 heteroatoms. The molecule has 2 saturated heterocycles. The van der Waals surface area contributed by atoms with Gasteiger partial charge < -0.3 is 11.1 Å². The van der Waals surface area contributed by atoms with Crippen molar-refractivity contribution in [2.45, 2.75) is 63.0 Å². The van der Waals surface area contributed by atoms with E-state index in [0.29, 0.717) is 0 Å². The van der Waals surface area contributed by atoms with E-state index in [4.69, 9.17) is 5.73 Å². The second-order valence-corrected chi connectivity index (χ2v) is 5.57. The number of carbonyl (C=O) groups excluding carboxylic acids is 1. The Morgan fingerprint density at radius 1 is 1.37 bits per heavy atom. The minimum absolute atomic E-state index is 0.152. The first-order valence-electron chi connectivity index (χ1n) is 6.65. The average molecular weight is 279 g/mol. The molecule has 2 aliphatic rings. The molecule has 0 saturated carbocycles. The molecular formula is C12H20F3N3O. The van der Waals surface area contributed by atoms with Gasteiger partial charge in [-0.3, -0.25) is 9.69 Å². The van der Waals surface area contributed by atoms with Crippen molar-refractivity contribution in [2.75, 3.05) is 6.54 Å². The number of halogens is 3. The van der Waals surface area contributed by atoms with E-state index in [1.54, 1.807) is 6.92 Å². The predicted molar refractivity (Wildman–Crippen MR) is 64.4 cm³/mol. The van der Waals surface area contributed by atoms with E-state index in [-0.39, 0.29) is 18.1 Å². The van der Waals surface area contributed by atoms with Crippen LogP contribution in [0.3, 0.4) is 0 Å². The van der Waals surface area contributed by atoms with Gasteiger partial charge in [-0.25, -0.2) is 0 Å². The van der Waals surface area contributed by atoms with Gasteiger partial charge in [-0.05, 0) is 32.6 Å². The molecule has 110 valence electrons. The summed E-state index contributed by atoms with van der Waals surface area (Å²) >= 11 is 0. The molecule has 0 aliphatic carbocycles. The highest BCUT2D eigenvalue weighted by atomic mass is 19.4. The van der Waals surface area contributed by atoms with E-state index in [9.17, 15) is 18.0 Å². The van der Waals surface area contributed by atoms with Gasteiger partial charge in [-0.2, -0.15) is 13.2 Å². The fourth-order valence-electron chi connectivity index (χ4n) is 3.36. The van der Waals surface area contributed by atoms with Crippen molar-refractivity contribution in [3.05, 3.63) is 0 Å². The van der Waals surface area contributed by atoms with E-state index in [2.05, 4.69) is 4.90 Å². The first-order valence-corrected chi connectivity index (χ1v) is 6.65. The van der Waals surface area contributed by atoms with E-state index in [1.165, 1.54) is 0 Å². The van der Waals surface area contributed by atoms with E-state index >= 15 is 0 Å². The fourth-order valence-corrected chi connectivity index (χ4v) is 3.36. The molecular weight excluding hydrogens is 259 g/mol. The summed E-state index contributed by atoms with van der Waals surface area (Å²) in [6.45, 7) is 0.409. The lowest BCUT2D eigenvalue weighted by molar-refractivity contribution is -0.142. The lowest BCUT2D eigenvalue weighted by atomic mass is 9.96. The maximum atomic E-state index is 12.1. The molecule has 2 aliphatic heterocycles. The van der Waals surface area contributed by atoms with Crippen LogP contribution in [0.5, 0.6) is 0 Å². The molecule has 0 aromatic carbocycles. The predicted octanol–water partition coefficient (Wildman–Crippen LogP) is 1.01. The van der Waals surface area contributed by atoms with Crippen LogP contribution in [-0.2, 0) is 4.79 Å². The van der Waals surface area contributed by atoms with Crippen LogP contribution in [0.15, 0.2) is 0 Å². The molecule has 3 unspecified atom stereocenters.